The van der Waals surface area contributed by atoms with Crippen LogP contribution in [0.3, 0.4) is 0 Å². The van der Waals surface area contributed by atoms with Gasteiger partial charge in [-0.3, -0.25) is 0 Å². The van der Waals surface area contributed by atoms with E-state index in [0.717, 1.165) is 42.5 Å². The van der Waals surface area contributed by atoms with E-state index in [1.54, 1.807) is 12.4 Å². The van der Waals surface area contributed by atoms with Gasteiger partial charge >= 0.3 is 0 Å². The first-order valence-corrected chi connectivity index (χ1v) is 11.3. The molecule has 1 heterocycles. The van der Waals surface area contributed by atoms with Crippen molar-refractivity contribution in [3.8, 4) is 28.3 Å². The van der Waals surface area contributed by atoms with Gasteiger partial charge in [0.05, 0.1) is 19.0 Å². The molecule has 3 aromatic rings. The number of aryl methyl sites for hydroxylation is 1. The van der Waals surface area contributed by atoms with Crippen molar-refractivity contribution in [1.82, 2.24) is 9.97 Å². The Morgan fingerprint density at radius 3 is 2.00 bits per heavy atom. The number of ether oxygens (including phenoxy) is 1. The van der Waals surface area contributed by atoms with E-state index in [1.807, 2.05) is 0 Å². The number of benzene rings is 2. The van der Waals surface area contributed by atoms with Gasteiger partial charge in [0, 0.05) is 5.56 Å². The van der Waals surface area contributed by atoms with Crippen molar-refractivity contribution >= 4 is 0 Å². The molecule has 0 aliphatic carbocycles. The molecule has 0 unspecified atom stereocenters. The van der Waals surface area contributed by atoms with Gasteiger partial charge in [-0.1, -0.05) is 88.6 Å². The number of nitrogens with zero attached hydrogens (tertiary/aromatic N) is 2. The highest BCUT2D eigenvalue weighted by molar-refractivity contribution is 5.67. The third-order valence-electron chi connectivity index (χ3n) is 5.65. The van der Waals surface area contributed by atoms with Gasteiger partial charge in [0.15, 0.2) is 11.6 Å². The maximum Gasteiger partial charge on any atom is 0.159 e. The molecule has 0 spiro atoms. The van der Waals surface area contributed by atoms with Crippen LogP contribution in [0.1, 0.15) is 58.4 Å². The molecule has 1 atom stereocenters. The summed E-state index contributed by atoms with van der Waals surface area (Å²) in [5, 5.41) is 0. The second kappa shape index (κ2) is 11.5. The van der Waals surface area contributed by atoms with E-state index < -0.39 is 0 Å². The average Bonchev–Trinajstić information content (AvgIpc) is 2.80. The molecule has 0 aliphatic heterocycles. The predicted octanol–water partition coefficient (Wildman–Crippen LogP) is 7.36. The van der Waals surface area contributed by atoms with Crippen LogP contribution in [0.2, 0.25) is 0 Å². The number of aromatic nitrogens is 2. The van der Waals surface area contributed by atoms with Crippen LogP contribution in [-0.4, -0.2) is 16.6 Å². The van der Waals surface area contributed by atoms with Crippen molar-refractivity contribution in [3.63, 3.8) is 0 Å². The highest BCUT2D eigenvalue weighted by atomic mass is 16.5. The van der Waals surface area contributed by atoms with E-state index in [1.165, 1.54) is 42.4 Å². The SMILES string of the molecule is CCCc1ccc(-c2ccc(-c3ncc(OCCCC[C@@H](C)CC)cn3)cc2)cc1. The van der Waals surface area contributed by atoms with Crippen molar-refractivity contribution in [2.45, 2.75) is 59.3 Å². The van der Waals surface area contributed by atoms with Crippen LogP contribution in [0, 0.1) is 5.92 Å². The van der Waals surface area contributed by atoms with Gasteiger partial charge in [-0.15, -0.1) is 0 Å². The molecule has 30 heavy (non-hydrogen) atoms. The third kappa shape index (κ3) is 6.41. The Balaban J connectivity index is 1.53. The summed E-state index contributed by atoms with van der Waals surface area (Å²) < 4.78 is 5.79. The summed E-state index contributed by atoms with van der Waals surface area (Å²) in [5.41, 5.74) is 4.85. The molecule has 0 radical (unpaired) electrons. The minimum absolute atomic E-state index is 0.726. The molecular formula is C27H34N2O. The van der Waals surface area contributed by atoms with E-state index in [2.05, 4.69) is 79.3 Å². The molecule has 158 valence electrons. The van der Waals surface area contributed by atoms with Crippen molar-refractivity contribution in [2.24, 2.45) is 5.92 Å². The zero-order chi connectivity index (χ0) is 21.2. The van der Waals surface area contributed by atoms with Crippen LogP contribution in [0.5, 0.6) is 5.75 Å². The van der Waals surface area contributed by atoms with Gasteiger partial charge in [0.1, 0.15) is 0 Å². The summed E-state index contributed by atoms with van der Waals surface area (Å²) in [4.78, 5) is 8.98. The zero-order valence-electron chi connectivity index (χ0n) is 18.6. The first-order valence-electron chi connectivity index (χ1n) is 11.3. The molecular weight excluding hydrogens is 368 g/mol. The van der Waals surface area contributed by atoms with E-state index in [-0.39, 0.29) is 0 Å². The second-order valence-corrected chi connectivity index (χ2v) is 8.12. The summed E-state index contributed by atoms with van der Waals surface area (Å²) in [5.74, 6) is 2.27. The lowest BCUT2D eigenvalue weighted by Gasteiger charge is -2.09. The summed E-state index contributed by atoms with van der Waals surface area (Å²) in [7, 11) is 0. The summed E-state index contributed by atoms with van der Waals surface area (Å²) in [6.07, 6.45) is 10.7. The smallest absolute Gasteiger partial charge is 0.159 e. The lowest BCUT2D eigenvalue weighted by Crippen LogP contribution is -2.00. The standard InChI is InChI=1S/C27H34N2O/c1-4-8-22-10-12-23(13-11-22)24-14-16-25(17-15-24)27-28-19-26(20-29-27)30-18-7-6-9-21(3)5-2/h10-17,19-21H,4-9,18H2,1-3H3/t21-/m0/s1. The van der Waals surface area contributed by atoms with E-state index in [0.29, 0.717) is 0 Å². The van der Waals surface area contributed by atoms with Gasteiger partial charge in [-0.25, -0.2) is 9.97 Å². The van der Waals surface area contributed by atoms with E-state index >= 15 is 0 Å². The van der Waals surface area contributed by atoms with Crippen LogP contribution < -0.4 is 4.74 Å². The molecule has 0 saturated heterocycles. The fraction of sp³-hybridized carbons (Fsp3) is 0.407. The number of hydrogen-bond acceptors (Lipinski definition) is 3. The van der Waals surface area contributed by atoms with E-state index in [4.69, 9.17) is 4.74 Å². The van der Waals surface area contributed by atoms with E-state index in [9.17, 15) is 0 Å². The summed E-state index contributed by atoms with van der Waals surface area (Å²) >= 11 is 0. The number of unbranched alkanes of at least 4 members (excludes halogenated alkanes) is 1. The Labute approximate surface area is 181 Å². The Morgan fingerprint density at radius 1 is 0.800 bits per heavy atom. The summed E-state index contributed by atoms with van der Waals surface area (Å²) in [6, 6.07) is 17.3. The van der Waals surface area contributed by atoms with Gasteiger partial charge in [0.25, 0.3) is 0 Å². The number of hydrogen-bond donors (Lipinski definition) is 0. The van der Waals surface area contributed by atoms with Crippen LogP contribution in [0.4, 0.5) is 0 Å². The van der Waals surface area contributed by atoms with Gasteiger partial charge < -0.3 is 4.74 Å². The quantitative estimate of drug-likeness (QED) is 0.314. The Morgan fingerprint density at radius 2 is 1.40 bits per heavy atom. The highest BCUT2D eigenvalue weighted by Gasteiger charge is 2.05. The van der Waals surface area contributed by atoms with Crippen LogP contribution in [0.25, 0.3) is 22.5 Å². The Kier molecular flexibility index (Phi) is 8.43. The second-order valence-electron chi connectivity index (χ2n) is 8.12. The molecule has 3 rings (SSSR count). The van der Waals surface area contributed by atoms with Crippen molar-refractivity contribution in [1.29, 1.82) is 0 Å². The molecule has 2 aromatic carbocycles. The van der Waals surface area contributed by atoms with Crippen LogP contribution in [-0.2, 0) is 6.42 Å². The van der Waals surface area contributed by atoms with Gasteiger partial charge in [0.2, 0.25) is 0 Å². The largest absolute Gasteiger partial charge is 0.490 e. The van der Waals surface area contributed by atoms with Crippen LogP contribution >= 0.6 is 0 Å². The maximum absolute atomic E-state index is 5.79. The first-order chi connectivity index (χ1) is 14.7. The first kappa shape index (κ1) is 22.0. The molecule has 0 amide bonds. The zero-order valence-corrected chi connectivity index (χ0v) is 18.6. The minimum atomic E-state index is 0.726. The molecule has 0 aliphatic rings. The Hall–Kier alpha value is -2.68. The molecule has 0 N–H and O–H groups in total. The van der Waals surface area contributed by atoms with Gasteiger partial charge in [-0.05, 0) is 41.9 Å². The van der Waals surface area contributed by atoms with Gasteiger partial charge in [-0.2, -0.15) is 0 Å². The van der Waals surface area contributed by atoms with Crippen molar-refractivity contribution in [2.75, 3.05) is 6.61 Å². The lowest BCUT2D eigenvalue weighted by molar-refractivity contribution is 0.297. The average molecular weight is 403 g/mol. The fourth-order valence-electron chi connectivity index (χ4n) is 3.49. The predicted molar refractivity (Wildman–Crippen MR) is 126 cm³/mol. The lowest BCUT2D eigenvalue weighted by atomic mass is 10.0. The fourth-order valence-corrected chi connectivity index (χ4v) is 3.49. The minimum Gasteiger partial charge on any atom is -0.490 e. The molecule has 0 bridgehead atoms. The normalized spacial score (nSPS) is 12.0. The molecule has 0 saturated carbocycles. The maximum atomic E-state index is 5.79. The highest BCUT2D eigenvalue weighted by Crippen LogP contribution is 2.24. The summed E-state index contributed by atoms with van der Waals surface area (Å²) in [6.45, 7) is 7.49. The molecule has 3 heteroatoms. The molecule has 1 aromatic heterocycles. The van der Waals surface area contributed by atoms with Crippen LogP contribution in [0.15, 0.2) is 60.9 Å². The molecule has 3 nitrogen and oxygen atoms in total. The van der Waals surface area contributed by atoms with Crippen molar-refractivity contribution < 1.29 is 4.74 Å². The topological polar surface area (TPSA) is 35.0 Å². The number of rotatable bonds is 11. The Bertz CT molecular complexity index is 870. The molecule has 0 fully saturated rings. The van der Waals surface area contributed by atoms with Crippen molar-refractivity contribution in [3.05, 3.63) is 66.5 Å². The monoisotopic (exact) mass is 402 g/mol. The third-order valence-corrected chi connectivity index (χ3v) is 5.65.